The van der Waals surface area contributed by atoms with E-state index in [2.05, 4.69) is 50.3 Å². The molecule has 3 N–H and O–H groups in total. The summed E-state index contributed by atoms with van der Waals surface area (Å²) in [7, 11) is -4.27. The summed E-state index contributed by atoms with van der Waals surface area (Å²) < 4.78 is 33.2. The van der Waals surface area contributed by atoms with Gasteiger partial charge in [-0.2, -0.15) is 0 Å². The van der Waals surface area contributed by atoms with Gasteiger partial charge in [0, 0.05) is 19.6 Å². The fraction of sp³-hybridized carbons (Fsp3) is 0.829. The Morgan fingerprint density at radius 1 is 0.600 bits per heavy atom. The maximum absolute atomic E-state index is 12.5. The molecule has 0 amide bonds. The normalized spacial score (nSPS) is 13.9. The molecule has 0 bridgehead atoms. The number of hydrogen-bond donors (Lipinski definition) is 2. The van der Waals surface area contributed by atoms with Gasteiger partial charge in [-0.25, -0.2) is 4.57 Å². The van der Waals surface area contributed by atoms with Crippen LogP contribution in [0.25, 0.3) is 0 Å². The van der Waals surface area contributed by atoms with Crippen molar-refractivity contribution in [1.82, 2.24) is 0 Å². The molecule has 0 aromatic carbocycles. The van der Waals surface area contributed by atoms with E-state index in [4.69, 9.17) is 24.3 Å². The summed E-state index contributed by atoms with van der Waals surface area (Å²) in [6.45, 7) is 4.88. The van der Waals surface area contributed by atoms with Crippen molar-refractivity contribution < 1.29 is 32.8 Å². The van der Waals surface area contributed by atoms with Gasteiger partial charge in [-0.1, -0.05) is 159 Å². The second-order valence-electron chi connectivity index (χ2n) is 13.5. The molecular formula is C41H78NO7P. The van der Waals surface area contributed by atoms with E-state index < -0.39 is 13.9 Å². The topological polar surface area (TPSA) is 117 Å². The van der Waals surface area contributed by atoms with Gasteiger partial charge in [0.05, 0.1) is 19.8 Å². The number of unbranched alkanes of at least 4 members (excludes halogenated alkanes) is 20. The first-order chi connectivity index (χ1) is 24.4. The van der Waals surface area contributed by atoms with Crippen molar-refractivity contribution >= 4 is 13.8 Å². The van der Waals surface area contributed by atoms with Crippen LogP contribution in [0.15, 0.2) is 36.5 Å². The third-order valence-electron chi connectivity index (χ3n) is 8.56. The SMILES string of the molecule is CCCCCCC/C=C\C/C=C\C/C=C\CCCCCCCCCCC(=O)OC(COCCCCCCCCCC)COP(=O)(O)OCCN. The molecule has 0 aromatic heterocycles. The molecule has 294 valence electrons. The molecule has 0 aliphatic heterocycles. The Morgan fingerprint density at radius 2 is 1.06 bits per heavy atom. The zero-order valence-corrected chi connectivity index (χ0v) is 33.3. The summed E-state index contributed by atoms with van der Waals surface area (Å²) in [6.07, 6.45) is 43.1. The maximum atomic E-state index is 12.5. The van der Waals surface area contributed by atoms with Crippen LogP contribution < -0.4 is 5.73 Å². The second-order valence-corrected chi connectivity index (χ2v) is 15.0. The van der Waals surface area contributed by atoms with Crippen molar-refractivity contribution in [3.63, 3.8) is 0 Å². The first-order valence-corrected chi connectivity index (χ1v) is 22.0. The molecule has 0 aliphatic carbocycles. The van der Waals surface area contributed by atoms with E-state index in [1.807, 2.05) is 0 Å². The number of carbonyl (C=O) groups excluding carboxylic acids is 1. The number of ether oxygens (including phenoxy) is 2. The smallest absolute Gasteiger partial charge is 0.457 e. The monoisotopic (exact) mass is 728 g/mol. The molecule has 0 heterocycles. The maximum Gasteiger partial charge on any atom is 0.472 e. The summed E-state index contributed by atoms with van der Waals surface area (Å²) in [6, 6.07) is 0. The lowest BCUT2D eigenvalue weighted by atomic mass is 10.1. The Hall–Kier alpha value is -1.28. The molecule has 50 heavy (non-hydrogen) atoms. The number of esters is 1. The molecule has 0 fully saturated rings. The van der Waals surface area contributed by atoms with Gasteiger partial charge in [-0.3, -0.25) is 13.8 Å². The summed E-state index contributed by atoms with van der Waals surface area (Å²) in [5, 5.41) is 0. The average molecular weight is 728 g/mol. The molecular weight excluding hydrogens is 649 g/mol. The fourth-order valence-electron chi connectivity index (χ4n) is 5.53. The van der Waals surface area contributed by atoms with E-state index >= 15 is 0 Å². The predicted octanol–water partition coefficient (Wildman–Crippen LogP) is 11.9. The van der Waals surface area contributed by atoms with Gasteiger partial charge in [0.1, 0.15) is 6.10 Å². The first kappa shape index (κ1) is 48.7. The first-order valence-electron chi connectivity index (χ1n) is 20.5. The minimum Gasteiger partial charge on any atom is -0.457 e. The highest BCUT2D eigenvalue weighted by Crippen LogP contribution is 2.43. The van der Waals surface area contributed by atoms with Crippen molar-refractivity contribution in [2.24, 2.45) is 5.73 Å². The number of phosphoric ester groups is 1. The number of rotatable bonds is 39. The van der Waals surface area contributed by atoms with E-state index in [0.29, 0.717) is 13.0 Å². The molecule has 0 aromatic rings. The number of phosphoric acid groups is 1. The Labute approximate surface area is 308 Å². The summed E-state index contributed by atoms with van der Waals surface area (Å²) in [5.74, 6) is -0.339. The molecule has 0 radical (unpaired) electrons. The Bertz CT molecular complexity index is 864. The molecule has 0 spiro atoms. The van der Waals surface area contributed by atoms with Crippen LogP contribution >= 0.6 is 7.82 Å². The number of carbonyl (C=O) groups is 1. The Balaban J connectivity index is 3.96. The molecule has 0 rings (SSSR count). The van der Waals surface area contributed by atoms with Crippen molar-refractivity contribution in [3.8, 4) is 0 Å². The predicted molar refractivity (Wildman–Crippen MR) is 210 cm³/mol. The van der Waals surface area contributed by atoms with Crippen molar-refractivity contribution in [3.05, 3.63) is 36.5 Å². The fourth-order valence-corrected chi connectivity index (χ4v) is 6.30. The van der Waals surface area contributed by atoms with Gasteiger partial charge in [0.2, 0.25) is 0 Å². The summed E-state index contributed by atoms with van der Waals surface area (Å²) in [4.78, 5) is 22.4. The van der Waals surface area contributed by atoms with Gasteiger partial charge < -0.3 is 20.1 Å². The third-order valence-corrected chi connectivity index (χ3v) is 9.54. The van der Waals surface area contributed by atoms with Crippen LogP contribution in [0.1, 0.15) is 181 Å². The number of nitrogens with two attached hydrogens (primary N) is 1. The van der Waals surface area contributed by atoms with Crippen LogP contribution in [0.2, 0.25) is 0 Å². The lowest BCUT2D eigenvalue weighted by Crippen LogP contribution is -2.28. The summed E-state index contributed by atoms with van der Waals surface area (Å²) >= 11 is 0. The average Bonchev–Trinajstić information content (AvgIpc) is 3.10. The van der Waals surface area contributed by atoms with Crippen molar-refractivity contribution in [1.29, 1.82) is 0 Å². The highest BCUT2D eigenvalue weighted by molar-refractivity contribution is 7.47. The molecule has 9 heteroatoms. The van der Waals surface area contributed by atoms with Crippen LogP contribution in [-0.4, -0.2) is 49.9 Å². The highest BCUT2D eigenvalue weighted by atomic mass is 31.2. The minimum atomic E-state index is -4.27. The van der Waals surface area contributed by atoms with Gasteiger partial charge in [-0.15, -0.1) is 0 Å². The molecule has 0 saturated carbocycles. The standard InChI is InChI=1S/C41H78NO7P/c1-3-5-7-9-11-13-14-15-16-17-18-19-20-21-22-23-24-25-26-27-28-30-32-34-41(43)49-40(39-48-50(44,45)47-37-35-42)38-46-36-33-31-29-12-10-8-6-4-2/h14-15,17-18,20-21,40H,3-13,16,19,22-39,42H2,1-2H3,(H,44,45)/b15-14-,18-17-,21-20-. The zero-order valence-electron chi connectivity index (χ0n) is 32.4. The molecule has 2 atom stereocenters. The Kier molecular flexibility index (Phi) is 37.9. The molecule has 0 saturated heterocycles. The highest BCUT2D eigenvalue weighted by Gasteiger charge is 2.25. The van der Waals surface area contributed by atoms with E-state index in [9.17, 15) is 14.3 Å². The van der Waals surface area contributed by atoms with E-state index in [-0.39, 0.29) is 32.3 Å². The zero-order chi connectivity index (χ0) is 36.6. The van der Waals surface area contributed by atoms with Crippen LogP contribution in [0.5, 0.6) is 0 Å². The van der Waals surface area contributed by atoms with Crippen molar-refractivity contribution in [2.75, 3.05) is 33.0 Å². The number of hydrogen-bond acceptors (Lipinski definition) is 7. The molecule has 0 aliphatic rings. The minimum absolute atomic E-state index is 0.0967. The quantitative estimate of drug-likeness (QED) is 0.0278. The van der Waals surface area contributed by atoms with E-state index in [0.717, 1.165) is 51.4 Å². The van der Waals surface area contributed by atoms with Gasteiger partial charge in [0.25, 0.3) is 0 Å². The van der Waals surface area contributed by atoms with Gasteiger partial charge >= 0.3 is 13.8 Å². The Morgan fingerprint density at radius 3 is 1.58 bits per heavy atom. The van der Waals surface area contributed by atoms with Crippen LogP contribution in [0, 0.1) is 0 Å². The number of allylic oxidation sites excluding steroid dienone is 6. The van der Waals surface area contributed by atoms with E-state index in [1.165, 1.54) is 109 Å². The second kappa shape index (κ2) is 38.9. The van der Waals surface area contributed by atoms with Crippen LogP contribution in [0.3, 0.4) is 0 Å². The van der Waals surface area contributed by atoms with Gasteiger partial charge in [0.15, 0.2) is 0 Å². The largest absolute Gasteiger partial charge is 0.472 e. The van der Waals surface area contributed by atoms with E-state index in [1.54, 1.807) is 0 Å². The summed E-state index contributed by atoms with van der Waals surface area (Å²) in [5.41, 5.74) is 5.35. The van der Waals surface area contributed by atoms with Crippen LogP contribution in [0.4, 0.5) is 0 Å². The third kappa shape index (κ3) is 38.0. The lowest BCUT2D eigenvalue weighted by molar-refractivity contribution is -0.154. The molecule has 2 unspecified atom stereocenters. The van der Waals surface area contributed by atoms with Crippen molar-refractivity contribution in [2.45, 2.75) is 187 Å². The van der Waals surface area contributed by atoms with Gasteiger partial charge in [-0.05, 0) is 51.4 Å². The molecule has 8 nitrogen and oxygen atoms in total. The lowest BCUT2D eigenvalue weighted by Gasteiger charge is -2.20. The van der Waals surface area contributed by atoms with Crippen LogP contribution in [-0.2, 0) is 27.9 Å².